The Kier molecular flexibility index (Phi) is 5.88. The maximum atomic E-state index is 12.7. The van der Waals surface area contributed by atoms with E-state index in [0.717, 1.165) is 12.0 Å². The lowest BCUT2D eigenvalue weighted by molar-refractivity contribution is 0.103. The Labute approximate surface area is 185 Å². The van der Waals surface area contributed by atoms with Gasteiger partial charge in [-0.1, -0.05) is 6.92 Å². The first-order valence-electron chi connectivity index (χ1n) is 9.79. The number of carbonyl (C=O) groups is 1. The van der Waals surface area contributed by atoms with Crippen LogP contribution < -0.4 is 19.5 Å². The van der Waals surface area contributed by atoms with Crippen LogP contribution in [0, 0.1) is 6.92 Å². The van der Waals surface area contributed by atoms with Gasteiger partial charge in [-0.05, 0) is 61.4 Å². The Morgan fingerprint density at radius 3 is 2.35 bits per heavy atom. The first-order chi connectivity index (χ1) is 14.9. The molecule has 0 atom stereocenters. The van der Waals surface area contributed by atoms with Crippen LogP contribution in [0.3, 0.4) is 0 Å². The Morgan fingerprint density at radius 2 is 1.68 bits per heavy atom. The normalized spacial score (nSPS) is 13.0. The molecule has 2 aromatic carbocycles. The van der Waals surface area contributed by atoms with Gasteiger partial charge in [-0.3, -0.25) is 9.52 Å². The number of benzene rings is 2. The lowest BCUT2D eigenvalue weighted by atomic mass is 10.2. The summed E-state index contributed by atoms with van der Waals surface area (Å²) in [6.07, 6.45) is 0.891. The van der Waals surface area contributed by atoms with Crippen molar-refractivity contribution in [1.29, 1.82) is 0 Å². The average molecular weight is 459 g/mol. The molecule has 31 heavy (non-hydrogen) atoms. The van der Waals surface area contributed by atoms with Crippen molar-refractivity contribution in [2.75, 3.05) is 23.3 Å². The number of sulfonamides is 1. The summed E-state index contributed by atoms with van der Waals surface area (Å²) >= 11 is 1.48. The molecule has 0 unspecified atom stereocenters. The van der Waals surface area contributed by atoms with Gasteiger partial charge in [-0.2, -0.15) is 0 Å². The molecule has 0 bridgehead atoms. The van der Waals surface area contributed by atoms with Crippen LogP contribution in [0.5, 0.6) is 11.5 Å². The van der Waals surface area contributed by atoms with Gasteiger partial charge in [0.25, 0.3) is 15.9 Å². The molecule has 2 heterocycles. The zero-order valence-electron chi connectivity index (χ0n) is 17.1. The first kappa shape index (κ1) is 21.2. The van der Waals surface area contributed by atoms with Crippen LogP contribution in [-0.4, -0.2) is 27.5 Å². The highest BCUT2D eigenvalue weighted by atomic mass is 32.2. The first-order valence-corrected chi connectivity index (χ1v) is 12.1. The third-order valence-electron chi connectivity index (χ3n) is 4.78. The predicted octanol–water partition coefficient (Wildman–Crippen LogP) is 4.44. The molecule has 7 nitrogen and oxygen atoms in total. The molecule has 1 aliphatic heterocycles. The van der Waals surface area contributed by atoms with Crippen LogP contribution in [0.2, 0.25) is 0 Å². The minimum atomic E-state index is -3.80. The van der Waals surface area contributed by atoms with Gasteiger partial charge >= 0.3 is 0 Å². The van der Waals surface area contributed by atoms with E-state index in [1.54, 1.807) is 30.3 Å². The summed E-state index contributed by atoms with van der Waals surface area (Å²) < 4.78 is 38.9. The summed E-state index contributed by atoms with van der Waals surface area (Å²) in [4.78, 5) is 14.4. The molecule has 1 aliphatic rings. The zero-order valence-corrected chi connectivity index (χ0v) is 18.7. The lowest BCUT2D eigenvalue weighted by Gasteiger charge is -2.19. The molecule has 0 saturated heterocycles. The zero-order chi connectivity index (χ0) is 22.0. The van der Waals surface area contributed by atoms with E-state index >= 15 is 0 Å². The molecule has 1 aromatic heterocycles. The average Bonchev–Trinajstić information content (AvgIpc) is 3.15. The summed E-state index contributed by atoms with van der Waals surface area (Å²) in [6, 6.07) is 12.9. The van der Waals surface area contributed by atoms with Crippen LogP contribution >= 0.6 is 11.3 Å². The van der Waals surface area contributed by atoms with E-state index in [1.165, 1.54) is 28.3 Å². The molecule has 0 radical (unpaired) electrons. The monoisotopic (exact) mass is 458 g/mol. The van der Waals surface area contributed by atoms with E-state index in [4.69, 9.17) is 9.47 Å². The molecule has 4 rings (SSSR count). The van der Waals surface area contributed by atoms with Gasteiger partial charge in [0.1, 0.15) is 13.2 Å². The topological polar surface area (TPSA) is 93.7 Å². The number of anilines is 2. The Morgan fingerprint density at radius 1 is 1.00 bits per heavy atom. The van der Waals surface area contributed by atoms with E-state index < -0.39 is 10.0 Å². The Balaban J connectivity index is 1.44. The third kappa shape index (κ3) is 4.67. The Hall–Kier alpha value is -3.04. The van der Waals surface area contributed by atoms with E-state index in [2.05, 4.69) is 17.0 Å². The minimum absolute atomic E-state index is 0.0777. The van der Waals surface area contributed by atoms with Crippen molar-refractivity contribution in [2.45, 2.75) is 25.2 Å². The number of amides is 1. The van der Waals surface area contributed by atoms with Gasteiger partial charge in [0, 0.05) is 22.3 Å². The van der Waals surface area contributed by atoms with Crippen molar-refractivity contribution in [3.8, 4) is 11.5 Å². The number of hydrogen-bond donors (Lipinski definition) is 2. The van der Waals surface area contributed by atoms with Crippen molar-refractivity contribution in [3.05, 3.63) is 63.8 Å². The number of nitrogens with one attached hydrogen (secondary N) is 2. The van der Waals surface area contributed by atoms with E-state index in [0.29, 0.717) is 41.0 Å². The number of aryl methyl sites for hydroxylation is 2. The SMILES string of the molecule is CCc1sc(C(=O)Nc2ccc(NS(=O)(=O)c3ccc4c(c3)OCCO4)cc2)cc1C. The predicted molar refractivity (Wildman–Crippen MR) is 121 cm³/mol. The van der Waals surface area contributed by atoms with Crippen molar-refractivity contribution >= 4 is 38.6 Å². The van der Waals surface area contributed by atoms with Crippen molar-refractivity contribution in [3.63, 3.8) is 0 Å². The quantitative estimate of drug-likeness (QED) is 0.569. The fraction of sp³-hybridized carbons (Fsp3) is 0.227. The van der Waals surface area contributed by atoms with Crippen LogP contribution in [0.25, 0.3) is 0 Å². The van der Waals surface area contributed by atoms with Crippen molar-refractivity contribution < 1.29 is 22.7 Å². The van der Waals surface area contributed by atoms with Gasteiger partial charge in [0.15, 0.2) is 11.5 Å². The van der Waals surface area contributed by atoms with Crippen molar-refractivity contribution in [1.82, 2.24) is 0 Å². The maximum Gasteiger partial charge on any atom is 0.265 e. The van der Waals surface area contributed by atoms with Gasteiger partial charge in [-0.15, -0.1) is 11.3 Å². The smallest absolute Gasteiger partial charge is 0.265 e. The molecule has 0 saturated carbocycles. The van der Waals surface area contributed by atoms with Crippen LogP contribution in [0.15, 0.2) is 53.4 Å². The highest BCUT2D eigenvalue weighted by Gasteiger charge is 2.19. The lowest BCUT2D eigenvalue weighted by Crippen LogP contribution is -2.17. The second-order valence-corrected chi connectivity index (χ2v) is 9.83. The number of thiophene rings is 1. The van der Waals surface area contributed by atoms with Crippen molar-refractivity contribution in [2.24, 2.45) is 0 Å². The molecule has 1 amide bonds. The standard InChI is InChI=1S/C22H22N2O5S2/c1-3-20-14(2)12-21(30-20)22(25)23-15-4-6-16(7-5-15)24-31(26,27)17-8-9-18-19(13-17)29-11-10-28-18/h4-9,12-13,24H,3,10-11H2,1-2H3,(H,23,25). The fourth-order valence-electron chi connectivity index (χ4n) is 3.20. The van der Waals surface area contributed by atoms with Gasteiger partial charge < -0.3 is 14.8 Å². The van der Waals surface area contributed by atoms with Crippen LogP contribution in [-0.2, 0) is 16.4 Å². The molecule has 3 aromatic rings. The molecule has 0 spiro atoms. The summed E-state index contributed by atoms with van der Waals surface area (Å²) in [7, 11) is -3.80. The number of hydrogen-bond acceptors (Lipinski definition) is 6. The van der Waals surface area contributed by atoms with Gasteiger partial charge in [-0.25, -0.2) is 8.42 Å². The minimum Gasteiger partial charge on any atom is -0.486 e. The van der Waals surface area contributed by atoms with Crippen LogP contribution in [0.1, 0.15) is 27.0 Å². The summed E-state index contributed by atoms with van der Waals surface area (Å²) in [6.45, 7) is 4.87. The molecule has 0 fully saturated rings. The Bertz CT molecular complexity index is 1220. The van der Waals surface area contributed by atoms with Gasteiger partial charge in [0.2, 0.25) is 0 Å². The molecule has 9 heteroatoms. The second kappa shape index (κ2) is 8.60. The molecular weight excluding hydrogens is 436 g/mol. The second-order valence-electron chi connectivity index (χ2n) is 7.01. The highest BCUT2D eigenvalue weighted by Crippen LogP contribution is 2.33. The summed E-state index contributed by atoms with van der Waals surface area (Å²) in [5, 5.41) is 2.84. The molecule has 0 aliphatic carbocycles. The molecular formula is C22H22N2O5S2. The van der Waals surface area contributed by atoms with E-state index in [-0.39, 0.29) is 10.8 Å². The summed E-state index contributed by atoms with van der Waals surface area (Å²) in [5.74, 6) is 0.747. The largest absolute Gasteiger partial charge is 0.486 e. The van der Waals surface area contributed by atoms with Gasteiger partial charge in [0.05, 0.1) is 9.77 Å². The number of ether oxygens (including phenoxy) is 2. The van der Waals surface area contributed by atoms with Crippen LogP contribution in [0.4, 0.5) is 11.4 Å². The summed E-state index contributed by atoms with van der Waals surface area (Å²) in [5.41, 5.74) is 2.08. The third-order valence-corrected chi connectivity index (χ3v) is 7.54. The highest BCUT2D eigenvalue weighted by molar-refractivity contribution is 7.92. The molecule has 162 valence electrons. The van der Waals surface area contributed by atoms with E-state index in [9.17, 15) is 13.2 Å². The van der Waals surface area contributed by atoms with E-state index in [1.807, 2.05) is 13.0 Å². The number of fused-ring (bicyclic) bond motifs is 1. The number of carbonyl (C=O) groups excluding carboxylic acids is 1. The number of rotatable bonds is 6. The molecule has 2 N–H and O–H groups in total. The fourth-order valence-corrected chi connectivity index (χ4v) is 5.28. The maximum absolute atomic E-state index is 12.7.